The number of hydrogen-bond acceptors (Lipinski definition) is 2. The molecule has 4 nitrogen and oxygen atoms in total. The molecule has 0 N–H and O–H groups in total. The number of fused-ring (bicyclic) bond motifs is 1. The molecule has 3 rings (SSSR count). The molecule has 0 saturated heterocycles. The van der Waals surface area contributed by atoms with Crippen molar-refractivity contribution in [3.8, 4) is 5.75 Å². The van der Waals surface area contributed by atoms with Gasteiger partial charge in [0.05, 0.1) is 12.7 Å². The first-order valence-electron chi connectivity index (χ1n) is 9.60. The summed E-state index contributed by atoms with van der Waals surface area (Å²) < 4.78 is 7.85. The number of methoxy groups -OCH3 is 1. The van der Waals surface area contributed by atoms with Crippen LogP contribution in [0.15, 0.2) is 18.2 Å². The zero-order valence-corrected chi connectivity index (χ0v) is 16.0. The second-order valence-electron chi connectivity index (χ2n) is 6.98. The summed E-state index contributed by atoms with van der Waals surface area (Å²) in [5.74, 6) is 0.942. The molecule has 1 aliphatic carbocycles. The Balaban J connectivity index is 2.20. The van der Waals surface area contributed by atoms with E-state index in [1.54, 1.807) is 7.11 Å². The molecule has 1 amide bonds. The smallest absolute Gasteiger partial charge is 0.256 e. The Morgan fingerprint density at radius 3 is 2.48 bits per heavy atom. The number of rotatable bonds is 5. The van der Waals surface area contributed by atoms with Crippen LogP contribution in [-0.2, 0) is 0 Å². The Bertz CT molecular complexity index is 753. The summed E-state index contributed by atoms with van der Waals surface area (Å²) in [6.45, 7) is 7.65. The minimum atomic E-state index is 0.135. The van der Waals surface area contributed by atoms with E-state index in [4.69, 9.17) is 4.74 Å². The minimum Gasteiger partial charge on any atom is -0.497 e. The zero-order valence-electron chi connectivity index (χ0n) is 16.0. The number of benzene rings is 1. The first-order valence-corrected chi connectivity index (χ1v) is 9.60. The highest BCUT2D eigenvalue weighted by Crippen LogP contribution is 2.37. The molecule has 2 aromatic rings. The summed E-state index contributed by atoms with van der Waals surface area (Å²) >= 11 is 0. The van der Waals surface area contributed by atoms with Gasteiger partial charge in [-0.05, 0) is 51.8 Å². The van der Waals surface area contributed by atoms with Gasteiger partial charge in [-0.3, -0.25) is 4.79 Å². The molecule has 136 valence electrons. The normalized spacial score (nSPS) is 15.5. The van der Waals surface area contributed by atoms with Gasteiger partial charge < -0.3 is 14.2 Å². The van der Waals surface area contributed by atoms with Crippen molar-refractivity contribution in [2.45, 2.75) is 58.9 Å². The molecule has 0 spiro atoms. The van der Waals surface area contributed by atoms with Crippen molar-refractivity contribution in [1.82, 2.24) is 9.47 Å². The third-order valence-electron chi connectivity index (χ3n) is 5.66. The number of amides is 1. The van der Waals surface area contributed by atoms with Crippen LogP contribution in [0.3, 0.4) is 0 Å². The topological polar surface area (TPSA) is 34.5 Å². The van der Waals surface area contributed by atoms with E-state index in [1.165, 1.54) is 37.6 Å². The van der Waals surface area contributed by atoms with Crippen LogP contribution in [0.1, 0.15) is 68.0 Å². The van der Waals surface area contributed by atoms with Gasteiger partial charge >= 0.3 is 0 Å². The fourth-order valence-electron chi connectivity index (χ4n) is 4.30. The molecule has 1 fully saturated rings. The van der Waals surface area contributed by atoms with Crippen LogP contribution in [0.4, 0.5) is 0 Å². The summed E-state index contributed by atoms with van der Waals surface area (Å²) in [6.07, 6.45) is 6.29. The molecular weight excluding hydrogens is 312 g/mol. The fraction of sp³-hybridized carbons (Fsp3) is 0.571. The van der Waals surface area contributed by atoms with Crippen molar-refractivity contribution < 1.29 is 9.53 Å². The molecule has 1 aromatic heterocycles. The van der Waals surface area contributed by atoms with E-state index in [9.17, 15) is 4.79 Å². The van der Waals surface area contributed by atoms with E-state index in [1.807, 2.05) is 30.9 Å². The largest absolute Gasteiger partial charge is 0.497 e. The van der Waals surface area contributed by atoms with E-state index < -0.39 is 0 Å². The molecule has 1 heterocycles. The molecule has 1 aliphatic rings. The summed E-state index contributed by atoms with van der Waals surface area (Å²) in [4.78, 5) is 15.1. The highest BCUT2D eigenvalue weighted by molar-refractivity contribution is 6.08. The quantitative estimate of drug-likeness (QED) is 0.771. The lowest BCUT2D eigenvalue weighted by Crippen LogP contribution is -2.31. The molecule has 25 heavy (non-hydrogen) atoms. The van der Waals surface area contributed by atoms with Gasteiger partial charge in [0, 0.05) is 35.7 Å². The van der Waals surface area contributed by atoms with Gasteiger partial charge in [0.1, 0.15) is 5.75 Å². The Morgan fingerprint density at radius 1 is 1.20 bits per heavy atom. The first-order chi connectivity index (χ1) is 12.1. The number of carbonyl (C=O) groups is 1. The van der Waals surface area contributed by atoms with Gasteiger partial charge in [-0.25, -0.2) is 0 Å². The van der Waals surface area contributed by atoms with Crippen LogP contribution in [-0.4, -0.2) is 35.6 Å². The Labute approximate surface area is 150 Å². The highest BCUT2D eigenvalue weighted by Gasteiger charge is 2.27. The van der Waals surface area contributed by atoms with Gasteiger partial charge in [-0.1, -0.05) is 19.3 Å². The van der Waals surface area contributed by atoms with Crippen LogP contribution in [0.2, 0.25) is 0 Å². The number of hydrogen-bond donors (Lipinski definition) is 0. The monoisotopic (exact) mass is 342 g/mol. The predicted molar refractivity (Wildman–Crippen MR) is 103 cm³/mol. The number of ether oxygens (including phenoxy) is 1. The molecule has 0 bridgehead atoms. The zero-order chi connectivity index (χ0) is 18.0. The van der Waals surface area contributed by atoms with E-state index >= 15 is 0 Å². The SMILES string of the molecule is CCN(CC)C(=O)c1c(C)n(C2CCCCC2)c2ccc(OC)cc12. The summed E-state index contributed by atoms with van der Waals surface area (Å²) in [5.41, 5.74) is 3.12. The number of aromatic nitrogens is 1. The van der Waals surface area contributed by atoms with Crippen LogP contribution in [0.5, 0.6) is 5.75 Å². The average Bonchev–Trinajstić information content (AvgIpc) is 2.94. The van der Waals surface area contributed by atoms with Crippen LogP contribution in [0, 0.1) is 6.92 Å². The lowest BCUT2D eigenvalue weighted by atomic mass is 9.95. The predicted octanol–water partition coefficient (Wildman–Crippen LogP) is 4.95. The van der Waals surface area contributed by atoms with Gasteiger partial charge in [0.15, 0.2) is 0 Å². The minimum absolute atomic E-state index is 0.135. The van der Waals surface area contributed by atoms with Crippen molar-refractivity contribution in [3.05, 3.63) is 29.5 Å². The molecule has 1 aromatic carbocycles. The second-order valence-corrected chi connectivity index (χ2v) is 6.98. The Kier molecular flexibility index (Phi) is 5.36. The molecule has 0 unspecified atom stereocenters. The van der Waals surface area contributed by atoms with Gasteiger partial charge in [0.2, 0.25) is 0 Å². The Morgan fingerprint density at radius 2 is 1.88 bits per heavy atom. The van der Waals surface area contributed by atoms with Gasteiger partial charge in [0.25, 0.3) is 5.91 Å². The molecular formula is C21H30N2O2. The van der Waals surface area contributed by atoms with Crippen molar-refractivity contribution in [1.29, 1.82) is 0 Å². The van der Waals surface area contributed by atoms with Crippen molar-refractivity contribution in [2.24, 2.45) is 0 Å². The maximum absolute atomic E-state index is 13.2. The van der Waals surface area contributed by atoms with Crippen molar-refractivity contribution in [3.63, 3.8) is 0 Å². The summed E-state index contributed by atoms with van der Waals surface area (Å²) in [7, 11) is 1.68. The average molecular weight is 342 g/mol. The molecule has 4 heteroatoms. The van der Waals surface area contributed by atoms with E-state index in [0.717, 1.165) is 35.5 Å². The Hall–Kier alpha value is -1.97. The van der Waals surface area contributed by atoms with Crippen molar-refractivity contribution in [2.75, 3.05) is 20.2 Å². The maximum Gasteiger partial charge on any atom is 0.256 e. The summed E-state index contributed by atoms with van der Waals surface area (Å²) in [5, 5.41) is 1.03. The number of carbonyl (C=O) groups excluding carboxylic acids is 1. The van der Waals surface area contributed by atoms with Crippen LogP contribution >= 0.6 is 0 Å². The molecule has 0 aliphatic heterocycles. The van der Waals surface area contributed by atoms with Gasteiger partial charge in [-0.2, -0.15) is 0 Å². The first kappa shape index (κ1) is 17.8. The maximum atomic E-state index is 13.2. The van der Waals surface area contributed by atoms with Gasteiger partial charge in [-0.15, -0.1) is 0 Å². The second kappa shape index (κ2) is 7.51. The van der Waals surface area contributed by atoms with E-state index in [-0.39, 0.29) is 5.91 Å². The molecule has 1 saturated carbocycles. The summed E-state index contributed by atoms with van der Waals surface area (Å²) in [6, 6.07) is 6.66. The third-order valence-corrected chi connectivity index (χ3v) is 5.66. The highest BCUT2D eigenvalue weighted by atomic mass is 16.5. The molecule has 0 radical (unpaired) electrons. The standard InChI is InChI=1S/C21H30N2O2/c1-5-22(6-2)21(24)20-15(3)23(16-10-8-7-9-11-16)19-13-12-17(25-4)14-18(19)20/h12-14,16H,5-11H2,1-4H3. The fourth-order valence-corrected chi connectivity index (χ4v) is 4.30. The van der Waals surface area contributed by atoms with E-state index in [0.29, 0.717) is 6.04 Å². The van der Waals surface area contributed by atoms with Crippen molar-refractivity contribution >= 4 is 16.8 Å². The van der Waals surface area contributed by atoms with Crippen LogP contribution < -0.4 is 4.74 Å². The third kappa shape index (κ3) is 3.14. The van der Waals surface area contributed by atoms with E-state index in [2.05, 4.69) is 17.6 Å². The lowest BCUT2D eigenvalue weighted by molar-refractivity contribution is 0.0773. The number of nitrogens with zero attached hydrogens (tertiary/aromatic N) is 2. The lowest BCUT2D eigenvalue weighted by Gasteiger charge is -2.26. The molecule has 0 atom stereocenters. The van der Waals surface area contributed by atoms with Crippen LogP contribution in [0.25, 0.3) is 10.9 Å².